The molecule has 4 radical (unpaired) electrons. The highest BCUT2D eigenvalue weighted by molar-refractivity contribution is 6.10. The number of benzene rings is 6. The lowest BCUT2D eigenvalue weighted by Gasteiger charge is -2.21. The third-order valence-corrected chi connectivity index (χ3v) is 9.65. The Morgan fingerprint density at radius 1 is 0.393 bits per heavy atom. The molecule has 2 nitrogen and oxygen atoms in total. The van der Waals surface area contributed by atoms with Crippen molar-refractivity contribution in [2.45, 2.75) is 116 Å². The van der Waals surface area contributed by atoms with Crippen molar-refractivity contribution in [3.63, 3.8) is 0 Å². The molecule has 6 aromatic rings. The second-order valence-corrected chi connectivity index (χ2v) is 12.9. The molecular weight excluding hydrogens is 734 g/mol. The van der Waals surface area contributed by atoms with Crippen LogP contribution in [0.4, 0.5) is 5.69 Å². The minimum Gasteiger partial charge on any atom is -0.381 e. The van der Waals surface area contributed by atoms with Crippen LogP contribution in [0.25, 0.3) is 22.3 Å². The Morgan fingerprint density at radius 2 is 0.754 bits per heavy atom. The van der Waals surface area contributed by atoms with E-state index < -0.39 is 0 Å². The van der Waals surface area contributed by atoms with Gasteiger partial charge in [-0.3, -0.25) is 0 Å². The van der Waals surface area contributed by atoms with Gasteiger partial charge in [0.2, 0.25) is 0 Å². The zero-order valence-corrected chi connectivity index (χ0v) is 40.6. The van der Waals surface area contributed by atoms with E-state index in [1.54, 1.807) is 0 Å². The van der Waals surface area contributed by atoms with Crippen molar-refractivity contribution < 1.29 is 0 Å². The first-order valence-corrected chi connectivity index (χ1v) is 23.4. The van der Waals surface area contributed by atoms with E-state index in [4.69, 9.17) is 15.7 Å². The first kappa shape index (κ1) is 56.2. The SMILES string of the molecule is CC.CC.CC.CC.CC.[B]CN(CC)Cc1ccccc1.[B]CN(CC)c1cccc(CC)c1.c1ccc2c(c1)Cc1ccccc1-2.c1ccc2c(c1)Cc1ccccc1-2. The van der Waals surface area contributed by atoms with Crippen molar-refractivity contribution in [1.29, 1.82) is 0 Å². The number of nitrogens with zero attached hydrogens (tertiary/aromatic N) is 2. The van der Waals surface area contributed by atoms with Crippen LogP contribution in [0, 0.1) is 0 Å². The van der Waals surface area contributed by atoms with Gasteiger partial charge in [0.25, 0.3) is 0 Å². The molecule has 0 saturated heterocycles. The molecule has 0 atom stereocenters. The summed E-state index contributed by atoms with van der Waals surface area (Å²) in [5, 5.41) is 0. The number of hydrogen-bond acceptors (Lipinski definition) is 2. The predicted octanol–water partition coefficient (Wildman–Crippen LogP) is 15.5. The molecule has 0 amide bonds. The molecule has 0 N–H and O–H groups in total. The second-order valence-electron chi connectivity index (χ2n) is 12.9. The molecule has 2 aliphatic rings. The van der Waals surface area contributed by atoms with Crippen LogP contribution in [0.2, 0.25) is 0 Å². The minimum absolute atomic E-state index is 0.587. The molecule has 0 fully saturated rings. The van der Waals surface area contributed by atoms with Gasteiger partial charge in [-0.2, -0.15) is 0 Å². The monoisotopic (exact) mass is 815 g/mol. The van der Waals surface area contributed by atoms with Gasteiger partial charge >= 0.3 is 0 Å². The van der Waals surface area contributed by atoms with Gasteiger partial charge in [-0.15, -0.1) is 0 Å². The van der Waals surface area contributed by atoms with Crippen molar-refractivity contribution in [2.24, 2.45) is 0 Å². The van der Waals surface area contributed by atoms with Crippen molar-refractivity contribution in [3.8, 4) is 22.3 Å². The molecule has 324 valence electrons. The van der Waals surface area contributed by atoms with Gasteiger partial charge in [-0.25, -0.2) is 0 Å². The summed E-state index contributed by atoms with van der Waals surface area (Å²) in [6.07, 6.45) is 4.50. The Morgan fingerprint density at radius 3 is 1.08 bits per heavy atom. The molecule has 0 unspecified atom stereocenters. The lowest BCUT2D eigenvalue weighted by molar-refractivity contribution is 0.327. The molecule has 0 aliphatic heterocycles. The van der Waals surface area contributed by atoms with Crippen LogP contribution in [0.1, 0.15) is 123 Å². The molecule has 0 heterocycles. The molecule has 6 aromatic carbocycles. The summed E-state index contributed by atoms with van der Waals surface area (Å²) >= 11 is 0. The highest BCUT2D eigenvalue weighted by Gasteiger charge is 2.17. The topological polar surface area (TPSA) is 6.48 Å². The smallest absolute Gasteiger partial charge is 0.0942 e. The fourth-order valence-electron chi connectivity index (χ4n) is 6.70. The fourth-order valence-corrected chi connectivity index (χ4v) is 6.70. The summed E-state index contributed by atoms with van der Waals surface area (Å²) in [5.74, 6) is 0. The van der Waals surface area contributed by atoms with Gasteiger partial charge in [-0.05, 0) is 113 Å². The second kappa shape index (κ2) is 35.9. The summed E-state index contributed by atoms with van der Waals surface area (Å²) < 4.78 is 0. The molecule has 0 aromatic heterocycles. The van der Waals surface area contributed by atoms with E-state index in [0.717, 1.165) is 38.9 Å². The summed E-state index contributed by atoms with van der Waals surface area (Å²) in [7, 11) is 11.2. The summed E-state index contributed by atoms with van der Waals surface area (Å²) in [5.41, 5.74) is 15.4. The van der Waals surface area contributed by atoms with Gasteiger partial charge in [0.05, 0.1) is 15.7 Å². The average Bonchev–Trinajstić information content (AvgIpc) is 3.94. The first-order valence-electron chi connectivity index (χ1n) is 23.4. The van der Waals surface area contributed by atoms with Crippen LogP contribution in [0.5, 0.6) is 0 Å². The molecule has 0 bridgehead atoms. The third-order valence-electron chi connectivity index (χ3n) is 9.65. The molecule has 8 rings (SSSR count). The van der Waals surface area contributed by atoms with Crippen LogP contribution >= 0.6 is 0 Å². The van der Waals surface area contributed by atoms with Gasteiger partial charge in [0.15, 0.2) is 0 Å². The predicted molar refractivity (Wildman–Crippen MR) is 279 cm³/mol. The van der Waals surface area contributed by atoms with Gasteiger partial charge in [0.1, 0.15) is 0 Å². The zero-order chi connectivity index (χ0) is 45.8. The van der Waals surface area contributed by atoms with E-state index in [1.165, 1.54) is 61.3 Å². The normalized spacial score (nSPS) is 9.93. The van der Waals surface area contributed by atoms with Crippen molar-refractivity contribution in [1.82, 2.24) is 4.90 Å². The van der Waals surface area contributed by atoms with E-state index in [2.05, 4.69) is 176 Å². The quantitative estimate of drug-likeness (QED) is 0.141. The highest BCUT2D eigenvalue weighted by atomic mass is 15.1. The van der Waals surface area contributed by atoms with Gasteiger partial charge in [-0.1, -0.05) is 223 Å². The maximum absolute atomic E-state index is 5.63. The van der Waals surface area contributed by atoms with E-state index in [0.29, 0.717) is 12.9 Å². The maximum Gasteiger partial charge on any atom is 0.0942 e. The van der Waals surface area contributed by atoms with E-state index in [9.17, 15) is 0 Å². The number of aryl methyl sites for hydroxylation is 1. The largest absolute Gasteiger partial charge is 0.381 e. The summed E-state index contributed by atoms with van der Waals surface area (Å²) in [6, 6.07) is 53.6. The zero-order valence-electron chi connectivity index (χ0n) is 40.6. The molecule has 0 spiro atoms. The van der Waals surface area contributed by atoms with E-state index >= 15 is 0 Å². The third kappa shape index (κ3) is 18.8. The molecule has 2 aliphatic carbocycles. The lowest BCUT2D eigenvalue weighted by Crippen LogP contribution is -2.23. The average molecular weight is 815 g/mol. The van der Waals surface area contributed by atoms with Crippen LogP contribution in [0.15, 0.2) is 152 Å². The molecular formula is C57H80B2N2. The Labute approximate surface area is 378 Å². The number of hydrogen-bond donors (Lipinski definition) is 0. The minimum atomic E-state index is 0.587. The number of rotatable bonds is 8. The number of fused-ring (bicyclic) bond motifs is 6. The molecule has 0 saturated carbocycles. The maximum atomic E-state index is 5.63. The Kier molecular flexibility index (Phi) is 33.1. The Balaban J connectivity index is 0.000000735. The van der Waals surface area contributed by atoms with Crippen LogP contribution < -0.4 is 4.90 Å². The summed E-state index contributed by atoms with van der Waals surface area (Å²) in [4.78, 5) is 4.34. The van der Waals surface area contributed by atoms with Crippen LogP contribution in [-0.2, 0) is 25.8 Å². The summed E-state index contributed by atoms with van der Waals surface area (Å²) in [6.45, 7) is 29.3. The molecule has 4 heteroatoms. The molecule has 61 heavy (non-hydrogen) atoms. The Bertz CT molecular complexity index is 1750. The van der Waals surface area contributed by atoms with Gasteiger partial charge in [0, 0.05) is 18.8 Å². The number of anilines is 1. The van der Waals surface area contributed by atoms with Crippen LogP contribution in [-0.4, -0.2) is 46.6 Å². The van der Waals surface area contributed by atoms with Crippen molar-refractivity contribution in [2.75, 3.05) is 30.9 Å². The Hall–Kier alpha value is -4.79. The van der Waals surface area contributed by atoms with E-state index in [-0.39, 0.29) is 0 Å². The van der Waals surface area contributed by atoms with Crippen molar-refractivity contribution in [3.05, 3.63) is 185 Å². The van der Waals surface area contributed by atoms with Crippen LogP contribution in [0.3, 0.4) is 0 Å². The van der Waals surface area contributed by atoms with E-state index in [1.807, 2.05) is 75.3 Å². The van der Waals surface area contributed by atoms with Gasteiger partial charge < -0.3 is 9.80 Å². The standard InChI is InChI=1S/2C13H10.C11H16BN.C10H14BN.5C2H6/c2*1-3-7-12-10(5-1)9-11-6-2-4-8-13(11)12;1-3-10-6-5-7-11(8-10)13(4-2)9-12;1-2-12(9-11)8-10-6-4-3-5-7-10;5*1-2/h2*1-8H,9H2;5-8H,3-4,9H2,1-2H3;3-7H,2,8-9H2,1H3;5*1-2H3. The lowest BCUT2D eigenvalue weighted by atomic mass is 10.1. The highest BCUT2D eigenvalue weighted by Crippen LogP contribution is 2.36. The fraction of sp³-hybridized carbons (Fsp3) is 0.368. The van der Waals surface area contributed by atoms with Crippen molar-refractivity contribution >= 4 is 21.4 Å². The first-order chi connectivity index (χ1) is 30.1.